The molecule has 0 bridgehead atoms. The second-order valence-electron chi connectivity index (χ2n) is 4.20. The van der Waals surface area contributed by atoms with Gasteiger partial charge in [-0.05, 0) is 31.0 Å². The van der Waals surface area contributed by atoms with E-state index in [9.17, 15) is 8.42 Å². The van der Waals surface area contributed by atoms with Gasteiger partial charge in [-0.15, -0.1) is 0 Å². The van der Waals surface area contributed by atoms with E-state index in [-0.39, 0.29) is 0 Å². The number of rotatable bonds is 2. The highest BCUT2D eigenvalue weighted by Crippen LogP contribution is 2.27. The number of hydrogen-bond acceptors (Lipinski definition) is 3. The molecule has 1 aliphatic heterocycles. The van der Waals surface area contributed by atoms with Gasteiger partial charge >= 0.3 is 0 Å². The van der Waals surface area contributed by atoms with Crippen molar-refractivity contribution in [3.05, 3.63) is 29.8 Å². The van der Waals surface area contributed by atoms with Crippen LogP contribution in [0.25, 0.3) is 0 Å². The van der Waals surface area contributed by atoms with Crippen LogP contribution in [0.3, 0.4) is 0 Å². The van der Waals surface area contributed by atoms with Crippen LogP contribution in [-0.2, 0) is 9.84 Å². The highest BCUT2D eigenvalue weighted by molar-refractivity contribution is 7.90. The van der Waals surface area contributed by atoms with Crippen LogP contribution < -0.4 is 5.32 Å². The van der Waals surface area contributed by atoms with E-state index in [0.29, 0.717) is 17.0 Å². The van der Waals surface area contributed by atoms with Crippen molar-refractivity contribution in [1.29, 1.82) is 0 Å². The van der Waals surface area contributed by atoms with Crippen LogP contribution in [0.2, 0.25) is 0 Å². The first-order valence-corrected chi connectivity index (χ1v) is 6.92. The molecule has 1 aromatic rings. The average molecular weight is 225 g/mol. The molecule has 1 aromatic carbocycles. The fraction of sp³-hybridized carbons (Fsp3) is 0.455. The fourth-order valence-electron chi connectivity index (χ4n) is 1.85. The topological polar surface area (TPSA) is 46.2 Å². The molecule has 4 heteroatoms. The Morgan fingerprint density at radius 2 is 1.80 bits per heavy atom. The van der Waals surface area contributed by atoms with Gasteiger partial charge in [-0.25, -0.2) is 8.42 Å². The molecule has 0 saturated carbocycles. The molecular weight excluding hydrogens is 210 g/mol. The summed E-state index contributed by atoms with van der Waals surface area (Å²) >= 11 is 0. The van der Waals surface area contributed by atoms with Crippen molar-refractivity contribution in [2.75, 3.05) is 6.26 Å². The maximum absolute atomic E-state index is 11.2. The smallest absolute Gasteiger partial charge is 0.175 e. The van der Waals surface area contributed by atoms with Crippen molar-refractivity contribution in [2.24, 2.45) is 0 Å². The van der Waals surface area contributed by atoms with Crippen LogP contribution in [0.4, 0.5) is 0 Å². The minimum absolute atomic E-state index is 0.388. The zero-order valence-electron chi connectivity index (χ0n) is 8.90. The quantitative estimate of drug-likeness (QED) is 0.830. The van der Waals surface area contributed by atoms with Gasteiger partial charge in [0.05, 0.1) is 4.90 Å². The first kappa shape index (κ1) is 10.6. The van der Waals surface area contributed by atoms with Gasteiger partial charge in [0.15, 0.2) is 9.84 Å². The van der Waals surface area contributed by atoms with Crippen molar-refractivity contribution < 1.29 is 8.42 Å². The molecule has 1 heterocycles. The number of nitrogens with one attached hydrogen (secondary N) is 1. The van der Waals surface area contributed by atoms with Gasteiger partial charge in [-0.1, -0.05) is 12.1 Å². The SMILES string of the molecule is CC1CC(c2ccc(S(C)(=O)=O)cc2)N1. The normalized spacial score (nSPS) is 26.0. The average Bonchev–Trinajstić information content (AvgIpc) is 2.12. The van der Waals surface area contributed by atoms with Crippen molar-refractivity contribution in [3.8, 4) is 0 Å². The number of hydrogen-bond donors (Lipinski definition) is 1. The fourth-order valence-corrected chi connectivity index (χ4v) is 2.48. The molecule has 3 nitrogen and oxygen atoms in total. The molecule has 2 atom stereocenters. The van der Waals surface area contributed by atoms with E-state index in [1.54, 1.807) is 12.1 Å². The molecule has 1 aliphatic rings. The summed E-state index contributed by atoms with van der Waals surface area (Å²) in [5.74, 6) is 0. The molecule has 1 fully saturated rings. The van der Waals surface area contributed by atoms with Crippen LogP contribution in [0.15, 0.2) is 29.2 Å². The molecule has 0 radical (unpaired) electrons. The third kappa shape index (κ3) is 2.21. The lowest BCUT2D eigenvalue weighted by atomic mass is 9.92. The predicted molar refractivity (Wildman–Crippen MR) is 59.5 cm³/mol. The molecule has 0 aromatic heterocycles. The zero-order valence-corrected chi connectivity index (χ0v) is 9.71. The highest BCUT2D eigenvalue weighted by Gasteiger charge is 2.25. The van der Waals surface area contributed by atoms with Gasteiger partial charge in [0.25, 0.3) is 0 Å². The second-order valence-corrected chi connectivity index (χ2v) is 6.21. The molecule has 82 valence electrons. The van der Waals surface area contributed by atoms with Gasteiger partial charge in [-0.2, -0.15) is 0 Å². The summed E-state index contributed by atoms with van der Waals surface area (Å²) in [6.07, 6.45) is 2.35. The van der Waals surface area contributed by atoms with Gasteiger partial charge in [-0.3, -0.25) is 0 Å². The van der Waals surface area contributed by atoms with E-state index < -0.39 is 9.84 Å². The summed E-state index contributed by atoms with van der Waals surface area (Å²) in [5.41, 5.74) is 1.17. The van der Waals surface area contributed by atoms with Crippen LogP contribution in [0.1, 0.15) is 24.9 Å². The Hall–Kier alpha value is -0.870. The van der Waals surface area contributed by atoms with E-state index in [1.165, 1.54) is 11.8 Å². The maximum atomic E-state index is 11.2. The predicted octanol–water partition coefficient (Wildman–Crippen LogP) is 1.51. The second kappa shape index (κ2) is 3.61. The molecule has 0 aliphatic carbocycles. The Labute approximate surface area is 90.4 Å². The van der Waals surface area contributed by atoms with E-state index in [2.05, 4.69) is 12.2 Å². The van der Waals surface area contributed by atoms with Crippen molar-refractivity contribution in [1.82, 2.24) is 5.32 Å². The molecule has 1 N–H and O–H groups in total. The van der Waals surface area contributed by atoms with Crippen LogP contribution >= 0.6 is 0 Å². The molecule has 0 amide bonds. The Kier molecular flexibility index (Phi) is 2.56. The van der Waals surface area contributed by atoms with E-state index >= 15 is 0 Å². The third-order valence-electron chi connectivity index (χ3n) is 2.79. The summed E-state index contributed by atoms with van der Waals surface area (Å²) in [6, 6.07) is 8.10. The summed E-state index contributed by atoms with van der Waals surface area (Å²) in [5, 5.41) is 3.37. The lowest BCUT2D eigenvalue weighted by Crippen LogP contribution is -2.43. The number of benzene rings is 1. The molecule has 2 unspecified atom stereocenters. The monoisotopic (exact) mass is 225 g/mol. The highest BCUT2D eigenvalue weighted by atomic mass is 32.2. The van der Waals surface area contributed by atoms with Crippen molar-refractivity contribution in [3.63, 3.8) is 0 Å². The minimum Gasteiger partial charge on any atom is -0.307 e. The molecule has 15 heavy (non-hydrogen) atoms. The summed E-state index contributed by atoms with van der Waals surface area (Å²) in [6.45, 7) is 2.14. The standard InChI is InChI=1S/C11H15NO2S/c1-8-7-11(12-8)9-3-5-10(6-4-9)15(2,13)14/h3-6,8,11-12H,7H2,1-2H3. The van der Waals surface area contributed by atoms with Crippen molar-refractivity contribution >= 4 is 9.84 Å². The Morgan fingerprint density at radius 3 is 2.20 bits per heavy atom. The van der Waals surface area contributed by atoms with Crippen LogP contribution in [-0.4, -0.2) is 20.7 Å². The van der Waals surface area contributed by atoms with E-state index in [1.807, 2.05) is 12.1 Å². The Balaban J connectivity index is 2.18. The molecule has 1 saturated heterocycles. The summed E-state index contributed by atoms with van der Waals surface area (Å²) in [4.78, 5) is 0.388. The largest absolute Gasteiger partial charge is 0.307 e. The molecule has 2 rings (SSSR count). The summed E-state index contributed by atoms with van der Waals surface area (Å²) in [7, 11) is -3.07. The third-order valence-corrected chi connectivity index (χ3v) is 3.91. The minimum atomic E-state index is -3.07. The summed E-state index contributed by atoms with van der Waals surface area (Å²) < 4.78 is 22.5. The molecular formula is C11H15NO2S. The maximum Gasteiger partial charge on any atom is 0.175 e. The lowest BCUT2D eigenvalue weighted by molar-refractivity contribution is 0.287. The van der Waals surface area contributed by atoms with Gasteiger partial charge in [0, 0.05) is 18.3 Å². The van der Waals surface area contributed by atoms with Gasteiger partial charge < -0.3 is 5.32 Å². The lowest BCUT2D eigenvalue weighted by Gasteiger charge is -2.35. The first-order valence-electron chi connectivity index (χ1n) is 5.03. The van der Waals surface area contributed by atoms with Crippen molar-refractivity contribution in [2.45, 2.75) is 30.3 Å². The zero-order chi connectivity index (χ0) is 11.1. The first-order chi connectivity index (χ1) is 6.97. The Morgan fingerprint density at radius 1 is 1.27 bits per heavy atom. The van der Waals surface area contributed by atoms with E-state index in [4.69, 9.17) is 0 Å². The molecule has 0 spiro atoms. The number of sulfone groups is 1. The Bertz CT molecular complexity index is 444. The van der Waals surface area contributed by atoms with E-state index in [0.717, 1.165) is 6.42 Å². The van der Waals surface area contributed by atoms with Gasteiger partial charge in [0.1, 0.15) is 0 Å². The van der Waals surface area contributed by atoms with Crippen LogP contribution in [0.5, 0.6) is 0 Å². The van der Waals surface area contributed by atoms with Crippen LogP contribution in [0, 0.1) is 0 Å². The van der Waals surface area contributed by atoms with Gasteiger partial charge in [0.2, 0.25) is 0 Å².